The molecular weight excluding hydrogens is 1400 g/mol. The van der Waals surface area contributed by atoms with E-state index in [1.165, 1.54) is 77.0 Å². The molecule has 0 spiro atoms. The average molecular weight is 1520 g/mol. The molecule has 4 aliphatic heterocycles. The van der Waals surface area contributed by atoms with Gasteiger partial charge in [-0.3, -0.25) is 38.8 Å². The monoisotopic (exact) mass is 1520 g/mol. The van der Waals surface area contributed by atoms with E-state index in [0.29, 0.717) is 76.2 Å². The molecule has 4 amide bonds. The summed E-state index contributed by atoms with van der Waals surface area (Å²) in [6, 6.07) is 14.5. The first-order valence-corrected chi connectivity index (χ1v) is 42.5. The first-order chi connectivity index (χ1) is 53.0. The smallest absolute Gasteiger partial charge is 0.252 e. The summed E-state index contributed by atoms with van der Waals surface area (Å²) in [4.78, 5) is 57.4. The van der Waals surface area contributed by atoms with Crippen molar-refractivity contribution in [1.29, 1.82) is 0 Å². The topological polar surface area (TPSA) is 367 Å². The number of primary amides is 4. The largest absolute Gasteiger partial charge is 0.507 e. The number of rotatable bonds is 12. The van der Waals surface area contributed by atoms with Gasteiger partial charge in [0.05, 0.1) is 50.8 Å². The second kappa shape index (κ2) is 28.2. The Kier molecular flexibility index (Phi) is 19.5. The molecule has 13 atom stereocenters. The van der Waals surface area contributed by atoms with Gasteiger partial charge in [-0.2, -0.15) is 0 Å². The van der Waals surface area contributed by atoms with Gasteiger partial charge in [0.15, 0.2) is 0 Å². The van der Waals surface area contributed by atoms with Crippen LogP contribution in [0.25, 0.3) is 0 Å². The van der Waals surface area contributed by atoms with E-state index in [0.717, 1.165) is 190 Å². The van der Waals surface area contributed by atoms with Gasteiger partial charge in [0.25, 0.3) is 23.6 Å². The molecule has 4 aromatic rings. The number of hydrogen-bond donors (Lipinski definition) is 13. The Bertz CT molecular complexity index is 4290. The number of likely N-dealkylation sites (tertiary alicyclic amines) is 4. The molecule has 21 nitrogen and oxygen atoms in total. The number of aliphatic hydroxyl groups is 5. The zero-order chi connectivity index (χ0) is 77.9. The molecule has 12 aliphatic carbocycles. The molecule has 12 fully saturated rings. The molecule has 20 rings (SSSR count). The molecule has 4 saturated heterocycles. The summed E-state index contributed by atoms with van der Waals surface area (Å²) in [6.07, 6.45) is 30.5. The molecule has 111 heavy (non-hydrogen) atoms. The minimum Gasteiger partial charge on any atom is -0.507 e. The molecule has 0 aromatic heterocycles. The average Bonchev–Trinajstić information content (AvgIpc) is 0.700. The van der Waals surface area contributed by atoms with Crippen molar-refractivity contribution in [3.05, 3.63) is 140 Å². The van der Waals surface area contributed by atoms with Crippen LogP contribution in [0.15, 0.2) is 72.8 Å². The number of benzene rings is 4. The van der Waals surface area contributed by atoms with Gasteiger partial charge in [0, 0.05) is 94.3 Å². The first-order valence-electron chi connectivity index (χ1n) is 42.5. The lowest BCUT2D eigenvalue weighted by atomic mass is 9.48. The molecule has 0 unspecified atom stereocenters. The van der Waals surface area contributed by atoms with Crippen LogP contribution in [0.2, 0.25) is 0 Å². The number of hydrogen-bond acceptors (Lipinski definition) is 17. The van der Waals surface area contributed by atoms with E-state index in [1.807, 2.05) is 24.3 Å². The Labute approximate surface area is 652 Å². The molecule has 598 valence electrons. The Morgan fingerprint density at radius 3 is 0.955 bits per heavy atom. The lowest BCUT2D eigenvalue weighted by molar-refractivity contribution is -0.185. The summed E-state index contributed by atoms with van der Waals surface area (Å²) in [7, 11) is 0. The number of aliphatic hydroxyl groups excluding tert-OH is 1. The van der Waals surface area contributed by atoms with Gasteiger partial charge < -0.3 is 68.9 Å². The number of fused-ring (bicyclic) bond motifs is 4. The molecule has 16 aliphatic rings. The van der Waals surface area contributed by atoms with E-state index in [4.69, 9.17) is 22.9 Å². The van der Waals surface area contributed by atoms with Crippen molar-refractivity contribution in [2.24, 2.45) is 46.6 Å². The van der Waals surface area contributed by atoms with Gasteiger partial charge in [-0.15, -0.1) is 0 Å². The number of nitrogens with two attached hydrogens (primary N) is 4. The minimum absolute atomic E-state index is 0.0133. The van der Waals surface area contributed by atoms with Crippen molar-refractivity contribution in [1.82, 2.24) is 19.6 Å². The number of aromatic hydroxyl groups is 4. The van der Waals surface area contributed by atoms with Crippen molar-refractivity contribution < 1.29 is 65.1 Å². The fourth-order valence-corrected chi connectivity index (χ4v) is 26.4. The van der Waals surface area contributed by atoms with Gasteiger partial charge in [0.2, 0.25) is 0 Å². The van der Waals surface area contributed by atoms with E-state index in [1.54, 1.807) is 24.3 Å². The molecule has 8 saturated carbocycles. The summed E-state index contributed by atoms with van der Waals surface area (Å²) >= 11 is 0. The van der Waals surface area contributed by atoms with E-state index in [9.17, 15) is 65.1 Å². The van der Waals surface area contributed by atoms with Crippen LogP contribution in [0.4, 0.5) is 0 Å². The van der Waals surface area contributed by atoms with Crippen LogP contribution >= 0.6 is 0 Å². The van der Waals surface area contributed by atoms with Crippen LogP contribution in [0.1, 0.15) is 272 Å². The third kappa shape index (κ3) is 11.8. The predicted molar refractivity (Wildman–Crippen MR) is 421 cm³/mol. The maximum atomic E-state index is 12.1. The van der Waals surface area contributed by atoms with Crippen LogP contribution < -0.4 is 22.9 Å². The van der Waals surface area contributed by atoms with Crippen LogP contribution in [0.3, 0.4) is 0 Å². The fraction of sp³-hybridized carbons (Fsp3) is 0.644. The number of amides is 4. The Hall–Kier alpha value is -6.92. The minimum atomic E-state index is -1.00. The highest BCUT2D eigenvalue weighted by Crippen LogP contribution is 2.66. The van der Waals surface area contributed by atoms with E-state index >= 15 is 0 Å². The molecule has 0 radical (unpaired) electrons. The first kappa shape index (κ1) is 76.7. The van der Waals surface area contributed by atoms with E-state index in [-0.39, 0.29) is 69.4 Å². The zero-order valence-corrected chi connectivity index (χ0v) is 65.0. The molecule has 21 heteroatoms. The predicted octanol–water partition coefficient (Wildman–Crippen LogP) is 9.16. The van der Waals surface area contributed by atoms with Crippen molar-refractivity contribution >= 4 is 23.6 Å². The normalized spacial score (nSPS) is 35.9. The lowest BCUT2D eigenvalue weighted by Gasteiger charge is -2.64. The van der Waals surface area contributed by atoms with Crippen molar-refractivity contribution in [3.63, 3.8) is 0 Å². The zero-order valence-electron chi connectivity index (χ0n) is 65.0. The molecule has 17 N–H and O–H groups in total. The molecule has 8 bridgehead atoms. The molecule has 4 heterocycles. The molecule has 4 aromatic carbocycles. The highest BCUT2D eigenvalue weighted by molar-refractivity contribution is 5.98. The van der Waals surface area contributed by atoms with Crippen molar-refractivity contribution in [2.45, 2.75) is 286 Å². The summed E-state index contributed by atoms with van der Waals surface area (Å²) in [5.74, 6) is 0.357. The number of nitrogens with zero attached hydrogens (tertiary/aromatic N) is 4. The van der Waals surface area contributed by atoms with Crippen LogP contribution in [0, 0.1) is 23.7 Å². The highest BCUT2D eigenvalue weighted by atomic mass is 16.3. The number of allylic oxidation sites excluding steroid dienone is 2. The maximum Gasteiger partial charge on any atom is 0.252 e. The Balaban J connectivity index is 0.000000108. The van der Waals surface area contributed by atoms with Crippen molar-refractivity contribution in [3.8, 4) is 23.0 Å². The summed E-state index contributed by atoms with van der Waals surface area (Å²) in [6.45, 7) is 16.3. The van der Waals surface area contributed by atoms with Gasteiger partial charge in [-0.1, -0.05) is 87.1 Å². The van der Waals surface area contributed by atoms with Gasteiger partial charge >= 0.3 is 0 Å². The number of phenols is 4. The van der Waals surface area contributed by atoms with Crippen molar-refractivity contribution in [2.75, 3.05) is 52.4 Å². The van der Waals surface area contributed by atoms with E-state index in [2.05, 4.69) is 32.8 Å². The fourth-order valence-electron chi connectivity index (χ4n) is 26.4. The van der Waals surface area contributed by atoms with Crippen LogP contribution in [0.5, 0.6) is 23.0 Å². The summed E-state index contributed by atoms with van der Waals surface area (Å²) in [5, 5.41) is 103. The number of piperidine rings is 4. The second-order valence-electron chi connectivity index (χ2n) is 38.0. The third-order valence-electron chi connectivity index (χ3n) is 32.8. The van der Waals surface area contributed by atoms with Gasteiger partial charge in [-0.05, 0) is 270 Å². The standard InChI is InChI=1S/2C23H30N2O3.C22H30N2O4.C22H30N2O3/c2*1-14-7-8-23(28)18-11-16-5-6-17(21(24)27)20(26)19(16)22(23,12-14)9-10-25(18)13-15-3-2-4-15;23-20(27)16-5-4-14-10-17-22(28)7-6-15(25)11-21(22,18(14)19(16)26)8-9-24(17)12-13-2-1-3-13;23-20(26)16-7-6-15-12-17-22(27)9-2-1-8-21(22,18(15)19(16)25)10-11-24(17)13-14-4-3-5-14/h2*5-6,15,18,26,28H,1-4,7-13H2,(H2,24,27);4-5,13,15,17,25-26,28H,1-3,6-12H2,(H2,23,27);6-7,14,17,25,27H,1-5,8-13H2,(H2,23,26)/t2*18-,22-,23-;15-,17+,21+,22+;17-,21+,22-/m1101/s1. The quantitative estimate of drug-likeness (QED) is 0.0588. The maximum absolute atomic E-state index is 12.1. The van der Waals surface area contributed by atoms with Gasteiger partial charge in [-0.25, -0.2) is 0 Å². The lowest BCUT2D eigenvalue weighted by Crippen LogP contribution is -2.73. The SMILES string of the molecule is C=C1CC[C@@]2(O)[C@H]3Cc4ccc(C(N)=O)c(O)c4[C@@]2(CCN3CC2CCC2)C1.C=C1CC[C@@]2(O)[C@H]3Cc4ccc(C(N)=O)c(O)c4[C@@]2(CCN3CC2CCC2)C1.NC(=O)c1ccc2c(c1O)[C@@]13CCCC[C@@]1(O)[C@@H](C2)N(CC1CCC1)CC3.NC(=O)c1ccc2c(c1O)[C@]13CCN(CC4CCC4)[C@H](C2)[C@]1(O)CC[C@H](O)C3. The van der Waals surface area contributed by atoms with E-state index < -0.39 is 73.8 Å². The Morgan fingerprint density at radius 2 is 0.640 bits per heavy atom. The van der Waals surface area contributed by atoms with Crippen LogP contribution in [-0.4, -0.2) is 194 Å². The number of carbonyl (C=O) groups excluding carboxylic acids is 4. The van der Waals surface area contributed by atoms with Gasteiger partial charge in [0.1, 0.15) is 23.0 Å². The number of carbonyl (C=O) groups is 4. The Morgan fingerprint density at radius 1 is 0.360 bits per heavy atom. The van der Waals surface area contributed by atoms with Crippen LogP contribution in [-0.2, 0) is 47.3 Å². The highest BCUT2D eigenvalue weighted by Gasteiger charge is 2.70. The summed E-state index contributed by atoms with van der Waals surface area (Å²) < 4.78 is 0. The second-order valence-corrected chi connectivity index (χ2v) is 38.0. The molecular formula is C90H120N8O13. The third-order valence-corrected chi connectivity index (χ3v) is 32.8. The summed E-state index contributed by atoms with van der Waals surface area (Å²) in [5.41, 5.74) is 26.0.